The van der Waals surface area contributed by atoms with E-state index in [1.54, 1.807) is 43.5 Å². The van der Waals surface area contributed by atoms with Crippen LogP contribution in [0.1, 0.15) is 12.3 Å². The number of nitrogens with zero attached hydrogens (tertiary/aromatic N) is 2. The highest BCUT2D eigenvalue weighted by molar-refractivity contribution is 5.76. The third-order valence-corrected chi connectivity index (χ3v) is 4.43. The lowest BCUT2D eigenvalue weighted by molar-refractivity contribution is -0.130. The number of para-hydroxylation sites is 1. The van der Waals surface area contributed by atoms with Crippen molar-refractivity contribution in [1.82, 2.24) is 9.88 Å². The second-order valence-corrected chi connectivity index (χ2v) is 6.44. The number of halogens is 1. The van der Waals surface area contributed by atoms with Gasteiger partial charge in [0.2, 0.25) is 5.91 Å². The van der Waals surface area contributed by atoms with Gasteiger partial charge in [-0.25, -0.2) is 9.37 Å². The van der Waals surface area contributed by atoms with Gasteiger partial charge >= 0.3 is 0 Å². The Labute approximate surface area is 168 Å². The van der Waals surface area contributed by atoms with E-state index in [-0.39, 0.29) is 24.7 Å². The van der Waals surface area contributed by atoms with Crippen molar-refractivity contribution in [2.45, 2.75) is 12.8 Å². The van der Waals surface area contributed by atoms with E-state index in [0.29, 0.717) is 24.6 Å². The SMILES string of the molecule is COc1ccc(-c2cnc(CCC(=O)N(C)CCOc3ccccc3F)o2)cc1. The first-order valence-corrected chi connectivity index (χ1v) is 9.27. The first kappa shape index (κ1) is 20.4. The molecule has 0 aliphatic rings. The number of methoxy groups -OCH3 is 1. The van der Waals surface area contributed by atoms with Gasteiger partial charge in [-0.3, -0.25) is 4.79 Å². The Balaban J connectivity index is 1.45. The van der Waals surface area contributed by atoms with Gasteiger partial charge in [0.1, 0.15) is 12.4 Å². The van der Waals surface area contributed by atoms with E-state index >= 15 is 0 Å². The lowest BCUT2D eigenvalue weighted by Crippen LogP contribution is -2.31. The normalized spacial score (nSPS) is 10.6. The van der Waals surface area contributed by atoms with Crippen LogP contribution in [0.25, 0.3) is 11.3 Å². The number of carbonyl (C=O) groups is 1. The molecule has 3 aromatic rings. The van der Waals surface area contributed by atoms with E-state index < -0.39 is 5.82 Å². The summed E-state index contributed by atoms with van der Waals surface area (Å²) in [5.41, 5.74) is 0.887. The predicted molar refractivity (Wildman–Crippen MR) is 106 cm³/mol. The molecule has 0 atom stereocenters. The number of amides is 1. The molecule has 3 rings (SSSR count). The first-order chi connectivity index (χ1) is 14.1. The quantitative estimate of drug-likeness (QED) is 0.546. The second-order valence-electron chi connectivity index (χ2n) is 6.44. The summed E-state index contributed by atoms with van der Waals surface area (Å²) in [6.45, 7) is 0.569. The van der Waals surface area contributed by atoms with Crippen LogP contribution in [0.5, 0.6) is 11.5 Å². The largest absolute Gasteiger partial charge is 0.497 e. The van der Waals surface area contributed by atoms with Crippen LogP contribution in [0, 0.1) is 5.82 Å². The molecule has 29 heavy (non-hydrogen) atoms. The van der Waals surface area contributed by atoms with Gasteiger partial charge in [-0.05, 0) is 36.4 Å². The summed E-state index contributed by atoms with van der Waals surface area (Å²) in [5.74, 6) is 1.60. The average Bonchev–Trinajstić information content (AvgIpc) is 3.22. The summed E-state index contributed by atoms with van der Waals surface area (Å²) in [7, 11) is 3.30. The maximum absolute atomic E-state index is 13.5. The molecule has 0 aliphatic carbocycles. The molecule has 0 bridgehead atoms. The molecule has 0 fully saturated rings. The van der Waals surface area contributed by atoms with Gasteiger partial charge in [-0.1, -0.05) is 12.1 Å². The van der Waals surface area contributed by atoms with Gasteiger partial charge in [0.25, 0.3) is 0 Å². The Bertz CT molecular complexity index is 940. The summed E-state index contributed by atoms with van der Waals surface area (Å²) in [4.78, 5) is 18.1. The van der Waals surface area contributed by atoms with Crippen LogP contribution in [0.3, 0.4) is 0 Å². The molecule has 1 heterocycles. The summed E-state index contributed by atoms with van der Waals surface area (Å²) >= 11 is 0. The number of hydrogen-bond donors (Lipinski definition) is 0. The van der Waals surface area contributed by atoms with Crippen molar-refractivity contribution in [3.05, 3.63) is 66.4 Å². The van der Waals surface area contributed by atoms with E-state index in [9.17, 15) is 9.18 Å². The lowest BCUT2D eigenvalue weighted by atomic mass is 10.2. The van der Waals surface area contributed by atoms with Crippen LogP contribution >= 0.6 is 0 Å². The van der Waals surface area contributed by atoms with Crippen molar-refractivity contribution >= 4 is 5.91 Å². The van der Waals surface area contributed by atoms with Gasteiger partial charge in [0.15, 0.2) is 23.2 Å². The summed E-state index contributed by atoms with van der Waals surface area (Å²) in [6.07, 6.45) is 2.31. The van der Waals surface area contributed by atoms with Crippen LogP contribution in [-0.2, 0) is 11.2 Å². The molecular formula is C22H23FN2O4. The van der Waals surface area contributed by atoms with Crippen LogP contribution < -0.4 is 9.47 Å². The van der Waals surface area contributed by atoms with Crippen molar-refractivity contribution in [3.63, 3.8) is 0 Å². The van der Waals surface area contributed by atoms with Crippen LogP contribution in [-0.4, -0.2) is 43.1 Å². The molecule has 1 amide bonds. The standard InChI is InChI=1S/C22H23FN2O4/c1-25(13-14-28-19-6-4-3-5-18(19)23)22(26)12-11-21-24-15-20(29-21)16-7-9-17(27-2)10-8-16/h3-10,15H,11-14H2,1-2H3. The fraction of sp³-hybridized carbons (Fsp3) is 0.273. The average molecular weight is 398 g/mol. The number of likely N-dealkylation sites (N-methyl/N-ethyl adjacent to an activating group) is 1. The topological polar surface area (TPSA) is 64.8 Å². The molecule has 7 heteroatoms. The molecule has 0 radical (unpaired) electrons. The minimum Gasteiger partial charge on any atom is -0.497 e. The van der Waals surface area contributed by atoms with Crippen molar-refractivity contribution in [1.29, 1.82) is 0 Å². The fourth-order valence-corrected chi connectivity index (χ4v) is 2.70. The van der Waals surface area contributed by atoms with Crippen molar-refractivity contribution in [2.24, 2.45) is 0 Å². The molecule has 2 aromatic carbocycles. The molecular weight excluding hydrogens is 375 g/mol. The van der Waals surface area contributed by atoms with Gasteiger partial charge in [0, 0.05) is 25.5 Å². The van der Waals surface area contributed by atoms with Gasteiger partial charge in [0.05, 0.1) is 19.9 Å². The van der Waals surface area contributed by atoms with Crippen molar-refractivity contribution in [3.8, 4) is 22.8 Å². The fourth-order valence-electron chi connectivity index (χ4n) is 2.70. The second kappa shape index (κ2) is 9.73. The monoisotopic (exact) mass is 398 g/mol. The summed E-state index contributed by atoms with van der Waals surface area (Å²) < 4.78 is 29.8. The number of ether oxygens (including phenoxy) is 2. The zero-order valence-corrected chi connectivity index (χ0v) is 16.4. The Morgan fingerprint density at radius 2 is 1.93 bits per heavy atom. The van der Waals surface area contributed by atoms with Crippen LogP contribution in [0.2, 0.25) is 0 Å². The number of benzene rings is 2. The summed E-state index contributed by atoms with van der Waals surface area (Å²) in [5, 5.41) is 0. The van der Waals surface area contributed by atoms with E-state index in [1.165, 1.54) is 6.07 Å². The molecule has 0 aliphatic heterocycles. The molecule has 0 saturated carbocycles. The van der Waals surface area contributed by atoms with E-state index in [2.05, 4.69) is 4.98 Å². The molecule has 0 spiro atoms. The highest BCUT2D eigenvalue weighted by Crippen LogP contribution is 2.23. The third kappa shape index (κ3) is 5.57. The number of aryl methyl sites for hydroxylation is 1. The number of aromatic nitrogens is 1. The highest BCUT2D eigenvalue weighted by Gasteiger charge is 2.13. The molecule has 152 valence electrons. The van der Waals surface area contributed by atoms with Crippen molar-refractivity contribution in [2.75, 3.05) is 27.3 Å². The number of rotatable bonds is 9. The zero-order chi connectivity index (χ0) is 20.6. The van der Waals surface area contributed by atoms with Crippen LogP contribution in [0.4, 0.5) is 4.39 Å². The summed E-state index contributed by atoms with van der Waals surface area (Å²) in [6, 6.07) is 13.7. The Morgan fingerprint density at radius 1 is 1.17 bits per heavy atom. The molecule has 1 aromatic heterocycles. The number of oxazole rings is 1. The van der Waals surface area contributed by atoms with Crippen LogP contribution in [0.15, 0.2) is 59.1 Å². The number of carbonyl (C=O) groups excluding carboxylic acids is 1. The van der Waals surface area contributed by atoms with Gasteiger partial charge in [-0.15, -0.1) is 0 Å². The molecule has 6 nitrogen and oxygen atoms in total. The first-order valence-electron chi connectivity index (χ1n) is 9.27. The zero-order valence-electron chi connectivity index (χ0n) is 16.4. The minimum atomic E-state index is -0.418. The Morgan fingerprint density at radius 3 is 2.66 bits per heavy atom. The van der Waals surface area contributed by atoms with E-state index in [1.807, 2.05) is 24.3 Å². The van der Waals surface area contributed by atoms with E-state index in [0.717, 1.165) is 11.3 Å². The molecule has 0 unspecified atom stereocenters. The highest BCUT2D eigenvalue weighted by atomic mass is 19.1. The number of hydrogen-bond acceptors (Lipinski definition) is 5. The molecule has 0 saturated heterocycles. The van der Waals surface area contributed by atoms with Gasteiger partial charge < -0.3 is 18.8 Å². The predicted octanol–water partition coefficient (Wildman–Crippen LogP) is 3.96. The minimum absolute atomic E-state index is 0.0636. The smallest absolute Gasteiger partial charge is 0.222 e. The van der Waals surface area contributed by atoms with Gasteiger partial charge in [-0.2, -0.15) is 0 Å². The Hall–Kier alpha value is -3.35. The molecule has 0 N–H and O–H groups in total. The lowest BCUT2D eigenvalue weighted by Gasteiger charge is -2.17. The van der Waals surface area contributed by atoms with E-state index in [4.69, 9.17) is 13.9 Å². The Kier molecular flexibility index (Phi) is 6.84. The maximum atomic E-state index is 13.5. The van der Waals surface area contributed by atoms with Crippen molar-refractivity contribution < 1.29 is 23.1 Å². The third-order valence-electron chi connectivity index (χ3n) is 4.43. The maximum Gasteiger partial charge on any atom is 0.222 e.